The van der Waals surface area contributed by atoms with Gasteiger partial charge in [-0.1, -0.05) is 24.3 Å². The quantitative estimate of drug-likeness (QED) is 0.564. The summed E-state index contributed by atoms with van der Waals surface area (Å²) in [4.78, 5) is 2.04. The van der Waals surface area contributed by atoms with Crippen LogP contribution in [0.3, 0.4) is 0 Å². The van der Waals surface area contributed by atoms with Crippen molar-refractivity contribution in [2.24, 2.45) is 5.73 Å². The van der Waals surface area contributed by atoms with Crippen molar-refractivity contribution < 1.29 is 4.74 Å². The zero-order chi connectivity index (χ0) is 18.8. The molecule has 0 unspecified atom stereocenters. The van der Waals surface area contributed by atoms with Crippen LogP contribution in [0.5, 0.6) is 5.75 Å². The van der Waals surface area contributed by atoms with Crippen LogP contribution in [0.15, 0.2) is 42.6 Å². The average molecular weight is 365 g/mol. The number of hydrogen-bond acceptors (Lipinski definition) is 4. The van der Waals surface area contributed by atoms with Crippen LogP contribution in [0, 0.1) is 10.8 Å². The van der Waals surface area contributed by atoms with Gasteiger partial charge >= 0.3 is 0 Å². The number of nitrogens with two attached hydrogens (primary N) is 1. The molecule has 1 fully saturated rings. The van der Waals surface area contributed by atoms with Gasteiger partial charge in [-0.25, -0.2) is 0 Å². The number of ether oxygens (including phenoxy) is 1. The predicted octanol–water partition coefficient (Wildman–Crippen LogP) is 3.15. The molecule has 2 atom stereocenters. The second-order valence-corrected chi connectivity index (χ2v) is 7.41. The molecule has 0 spiro atoms. The summed E-state index contributed by atoms with van der Waals surface area (Å²) in [6.07, 6.45) is 6.91. The van der Waals surface area contributed by atoms with E-state index in [0.29, 0.717) is 17.2 Å². The fourth-order valence-corrected chi connectivity index (χ4v) is 4.05. The maximum atomic E-state index is 8.52. The number of pyridine rings is 1. The first-order valence-electron chi connectivity index (χ1n) is 9.76. The highest BCUT2D eigenvalue weighted by molar-refractivity contribution is 5.79. The summed E-state index contributed by atoms with van der Waals surface area (Å²) in [5.41, 5.74) is 8.84. The van der Waals surface area contributed by atoms with Crippen LogP contribution in [0.25, 0.3) is 0 Å². The number of nitrogens with one attached hydrogen (secondary N) is 2. The van der Waals surface area contributed by atoms with Gasteiger partial charge in [0.1, 0.15) is 17.3 Å². The minimum atomic E-state index is -0.0461. The highest BCUT2D eigenvalue weighted by Gasteiger charge is 2.26. The maximum Gasteiger partial charge on any atom is 0.203 e. The van der Waals surface area contributed by atoms with Gasteiger partial charge in [-0.15, -0.1) is 0 Å². The number of piperidine rings is 1. The van der Waals surface area contributed by atoms with Crippen molar-refractivity contribution in [3.05, 3.63) is 59.2 Å². The Morgan fingerprint density at radius 2 is 1.74 bits per heavy atom. The highest BCUT2D eigenvalue weighted by atomic mass is 16.5. The Labute approximate surface area is 159 Å². The van der Waals surface area contributed by atoms with E-state index < -0.39 is 0 Å². The largest absolute Gasteiger partial charge is 0.484 e. The van der Waals surface area contributed by atoms with E-state index in [1.165, 1.54) is 6.42 Å². The van der Waals surface area contributed by atoms with Gasteiger partial charge in [0.25, 0.3) is 0 Å². The number of fused-ring (bicyclic) bond motifs is 1. The topological polar surface area (TPSA) is 91.1 Å². The summed E-state index contributed by atoms with van der Waals surface area (Å²) in [5, 5.41) is 16.7. The first kappa shape index (κ1) is 17.8. The zero-order valence-electron chi connectivity index (χ0n) is 15.5. The maximum absolute atomic E-state index is 8.52. The summed E-state index contributed by atoms with van der Waals surface area (Å²) in [5.74, 6) is 1.04. The Bertz CT molecular complexity index is 884. The van der Waals surface area contributed by atoms with E-state index >= 15 is 0 Å². The molecule has 142 valence electrons. The van der Waals surface area contributed by atoms with E-state index in [9.17, 15) is 0 Å². The molecular formula is C21H27N5O. The molecule has 4 N–H and O–H groups in total. The van der Waals surface area contributed by atoms with Crippen molar-refractivity contribution in [2.45, 2.75) is 44.2 Å². The summed E-state index contributed by atoms with van der Waals surface area (Å²) < 4.78 is 7.90. The lowest BCUT2D eigenvalue weighted by Gasteiger charge is -2.31. The lowest BCUT2D eigenvalue weighted by molar-refractivity contribution is 0.176. The third-order valence-electron chi connectivity index (χ3n) is 5.57. The van der Waals surface area contributed by atoms with Crippen molar-refractivity contribution in [2.75, 3.05) is 13.1 Å². The van der Waals surface area contributed by atoms with Gasteiger partial charge in [0.05, 0.1) is 6.20 Å². The fraction of sp³-hybridized carbons (Fsp3) is 0.429. The zero-order valence-corrected chi connectivity index (χ0v) is 15.5. The van der Waals surface area contributed by atoms with Crippen LogP contribution < -0.4 is 16.0 Å². The van der Waals surface area contributed by atoms with Crippen LogP contribution in [-0.2, 0) is 0 Å². The van der Waals surface area contributed by atoms with Gasteiger partial charge in [-0.05, 0) is 55.4 Å². The number of hydrogen-bond donors (Lipinski definition) is 3. The molecular weight excluding hydrogens is 338 g/mol. The van der Waals surface area contributed by atoms with Crippen LogP contribution >= 0.6 is 0 Å². The van der Waals surface area contributed by atoms with E-state index in [4.69, 9.17) is 21.3 Å². The van der Waals surface area contributed by atoms with E-state index in [1.807, 2.05) is 23.1 Å². The summed E-state index contributed by atoms with van der Waals surface area (Å²) in [6.45, 7) is 1.76. The Balaban J connectivity index is 1.58. The molecule has 1 aliphatic carbocycles. The first-order valence-corrected chi connectivity index (χ1v) is 9.76. The third-order valence-corrected chi connectivity index (χ3v) is 5.57. The SMILES string of the molecule is N=C(N1CCCCC1)n1cc(O[C@@H]2CC[C@H](N)c3ccccc32)ccc1=N. The van der Waals surface area contributed by atoms with E-state index in [-0.39, 0.29) is 12.1 Å². The van der Waals surface area contributed by atoms with E-state index in [1.54, 1.807) is 16.8 Å². The third kappa shape index (κ3) is 3.62. The molecule has 2 aliphatic rings. The molecule has 6 heteroatoms. The van der Waals surface area contributed by atoms with Gasteiger partial charge in [0.15, 0.2) is 0 Å². The second kappa shape index (κ2) is 7.56. The molecule has 0 bridgehead atoms. The molecule has 27 heavy (non-hydrogen) atoms. The molecule has 0 amide bonds. The molecule has 0 saturated carbocycles. The van der Waals surface area contributed by atoms with Gasteiger partial charge in [-0.2, -0.15) is 0 Å². The van der Waals surface area contributed by atoms with Crippen LogP contribution in [0.1, 0.15) is 55.4 Å². The minimum Gasteiger partial charge on any atom is -0.484 e. The van der Waals surface area contributed by atoms with Crippen molar-refractivity contribution in [1.82, 2.24) is 9.47 Å². The standard InChI is InChI=1S/C21H27N5O/c22-18-9-10-19(17-7-3-2-6-16(17)18)27-15-8-11-20(23)26(14-15)21(24)25-12-4-1-5-13-25/h2-3,6-8,11,14,18-19,23-24H,1,4-5,9-10,12-13,22H2/t18-,19+/m0/s1. The van der Waals surface area contributed by atoms with Crippen LogP contribution in [0.4, 0.5) is 0 Å². The van der Waals surface area contributed by atoms with E-state index in [2.05, 4.69) is 12.1 Å². The van der Waals surface area contributed by atoms with Gasteiger partial charge in [-0.3, -0.25) is 15.4 Å². The number of benzene rings is 1. The molecule has 2 aromatic rings. The molecule has 1 aromatic carbocycles. The van der Waals surface area contributed by atoms with Crippen molar-refractivity contribution in [3.63, 3.8) is 0 Å². The van der Waals surface area contributed by atoms with Crippen molar-refractivity contribution in [3.8, 4) is 5.75 Å². The van der Waals surface area contributed by atoms with Crippen molar-refractivity contribution in [1.29, 1.82) is 10.8 Å². The molecule has 1 saturated heterocycles. The number of likely N-dealkylation sites (tertiary alicyclic amines) is 1. The minimum absolute atomic E-state index is 0.0461. The monoisotopic (exact) mass is 365 g/mol. The fourth-order valence-electron chi connectivity index (χ4n) is 4.05. The smallest absolute Gasteiger partial charge is 0.203 e. The highest BCUT2D eigenvalue weighted by Crippen LogP contribution is 2.37. The Morgan fingerprint density at radius 3 is 2.52 bits per heavy atom. The predicted molar refractivity (Wildman–Crippen MR) is 105 cm³/mol. The van der Waals surface area contributed by atoms with Crippen molar-refractivity contribution >= 4 is 5.96 Å². The molecule has 4 rings (SSSR count). The Hall–Kier alpha value is -2.60. The van der Waals surface area contributed by atoms with Gasteiger partial charge in [0, 0.05) is 19.1 Å². The van der Waals surface area contributed by atoms with Crippen LogP contribution in [-0.4, -0.2) is 28.5 Å². The van der Waals surface area contributed by atoms with Gasteiger partial charge < -0.3 is 15.4 Å². The Morgan fingerprint density at radius 1 is 1.00 bits per heavy atom. The van der Waals surface area contributed by atoms with Crippen LogP contribution in [0.2, 0.25) is 0 Å². The van der Waals surface area contributed by atoms with Gasteiger partial charge in [0.2, 0.25) is 5.96 Å². The molecule has 1 aromatic heterocycles. The molecule has 1 aliphatic heterocycles. The number of rotatable bonds is 2. The second-order valence-electron chi connectivity index (χ2n) is 7.41. The molecule has 0 radical (unpaired) electrons. The normalized spacial score (nSPS) is 22.2. The lowest BCUT2D eigenvalue weighted by atomic mass is 9.86. The number of nitrogens with zero attached hydrogens (tertiary/aromatic N) is 2. The first-order chi connectivity index (χ1) is 13.1. The lowest BCUT2D eigenvalue weighted by Crippen LogP contribution is -2.42. The average Bonchev–Trinajstić information content (AvgIpc) is 2.72. The summed E-state index contributed by atoms with van der Waals surface area (Å²) in [6, 6.07) is 11.8. The summed E-state index contributed by atoms with van der Waals surface area (Å²) >= 11 is 0. The molecule has 6 nitrogen and oxygen atoms in total. The summed E-state index contributed by atoms with van der Waals surface area (Å²) in [7, 11) is 0. The Kier molecular flexibility index (Phi) is 4.99. The molecule has 2 heterocycles. The number of aromatic nitrogens is 1. The van der Waals surface area contributed by atoms with E-state index in [0.717, 1.165) is 49.9 Å².